The molecule has 2 N–H and O–H groups in total. The Morgan fingerprint density at radius 3 is 2.82 bits per heavy atom. The van der Waals surface area contributed by atoms with E-state index in [0.29, 0.717) is 6.42 Å². The van der Waals surface area contributed by atoms with Gasteiger partial charge in [0.15, 0.2) is 0 Å². The van der Waals surface area contributed by atoms with Gasteiger partial charge in [-0.05, 0) is 54.4 Å². The van der Waals surface area contributed by atoms with Gasteiger partial charge in [-0.15, -0.1) is 11.3 Å². The first-order chi connectivity index (χ1) is 7.93. The number of halogens is 1. The van der Waals surface area contributed by atoms with Crippen LogP contribution in [0.2, 0.25) is 0 Å². The molecule has 17 heavy (non-hydrogen) atoms. The Morgan fingerprint density at radius 2 is 2.29 bits per heavy atom. The van der Waals surface area contributed by atoms with Crippen LogP contribution in [0.1, 0.15) is 25.1 Å². The number of thiophene rings is 1. The molecular weight excluding hydrogens is 302 g/mol. The van der Waals surface area contributed by atoms with Crippen molar-refractivity contribution in [3.05, 3.63) is 26.9 Å². The Balaban J connectivity index is 2.52. The Labute approximate surface area is 114 Å². The number of hydrogen-bond acceptors (Lipinski definition) is 3. The molecule has 0 bridgehead atoms. The van der Waals surface area contributed by atoms with Crippen molar-refractivity contribution >= 4 is 39.2 Å². The molecule has 0 radical (unpaired) electrons. The molecule has 1 amide bonds. The fourth-order valence-electron chi connectivity index (χ4n) is 1.29. The number of amides is 1. The highest BCUT2D eigenvalue weighted by atomic mass is 79.9. The van der Waals surface area contributed by atoms with Gasteiger partial charge in [0.25, 0.3) is 0 Å². The lowest BCUT2D eigenvalue weighted by molar-refractivity contribution is -0.118. The molecule has 1 aromatic rings. The molecule has 0 spiro atoms. The maximum absolute atomic E-state index is 11.6. The van der Waals surface area contributed by atoms with Gasteiger partial charge in [-0.3, -0.25) is 4.79 Å². The molecule has 0 unspecified atom stereocenters. The molecule has 0 saturated heterocycles. The van der Waals surface area contributed by atoms with Gasteiger partial charge in [-0.1, -0.05) is 0 Å². The third kappa shape index (κ3) is 5.48. The SMILES string of the molecule is CC(C)(CCO)NC(=O)/C=C/c1ccc(Br)s1. The van der Waals surface area contributed by atoms with E-state index in [0.717, 1.165) is 8.66 Å². The molecule has 0 aliphatic heterocycles. The van der Waals surface area contributed by atoms with E-state index in [1.807, 2.05) is 26.0 Å². The van der Waals surface area contributed by atoms with E-state index in [9.17, 15) is 4.79 Å². The lowest BCUT2D eigenvalue weighted by Crippen LogP contribution is -2.43. The van der Waals surface area contributed by atoms with Crippen LogP contribution in [0.25, 0.3) is 6.08 Å². The van der Waals surface area contributed by atoms with Crippen molar-refractivity contribution in [2.75, 3.05) is 6.61 Å². The predicted molar refractivity (Wildman–Crippen MR) is 75.0 cm³/mol. The van der Waals surface area contributed by atoms with Gasteiger partial charge in [0.2, 0.25) is 5.91 Å². The zero-order valence-corrected chi connectivity index (χ0v) is 12.3. The van der Waals surface area contributed by atoms with E-state index in [1.165, 1.54) is 6.08 Å². The van der Waals surface area contributed by atoms with Crippen molar-refractivity contribution < 1.29 is 9.90 Å². The van der Waals surface area contributed by atoms with E-state index in [2.05, 4.69) is 21.2 Å². The molecule has 0 aromatic carbocycles. The first-order valence-corrected chi connectivity index (χ1v) is 6.90. The van der Waals surface area contributed by atoms with E-state index < -0.39 is 0 Å². The smallest absolute Gasteiger partial charge is 0.244 e. The summed E-state index contributed by atoms with van der Waals surface area (Å²) in [5.41, 5.74) is -0.383. The normalized spacial score (nSPS) is 12.0. The molecule has 3 nitrogen and oxygen atoms in total. The van der Waals surface area contributed by atoms with Crippen LogP contribution in [-0.4, -0.2) is 23.2 Å². The summed E-state index contributed by atoms with van der Waals surface area (Å²) in [7, 11) is 0. The van der Waals surface area contributed by atoms with E-state index in [4.69, 9.17) is 5.11 Å². The summed E-state index contributed by atoms with van der Waals surface area (Å²) in [6.45, 7) is 3.84. The van der Waals surface area contributed by atoms with Gasteiger partial charge >= 0.3 is 0 Å². The second-order valence-electron chi connectivity index (χ2n) is 4.32. The standard InChI is InChI=1S/C12H16BrNO2S/c1-12(2,7-8-15)14-11(16)6-4-9-3-5-10(13)17-9/h3-6,15H,7-8H2,1-2H3,(H,14,16)/b6-4+. The Kier molecular flexibility index (Phi) is 5.36. The average Bonchev–Trinajstić information content (AvgIpc) is 2.60. The van der Waals surface area contributed by atoms with Gasteiger partial charge in [0.1, 0.15) is 0 Å². The summed E-state index contributed by atoms with van der Waals surface area (Å²) < 4.78 is 1.04. The van der Waals surface area contributed by atoms with Crippen LogP contribution in [-0.2, 0) is 4.79 Å². The highest BCUT2D eigenvalue weighted by molar-refractivity contribution is 9.11. The third-order valence-corrected chi connectivity index (χ3v) is 3.78. The zero-order chi connectivity index (χ0) is 12.9. The van der Waals surface area contributed by atoms with Crippen LogP contribution in [0.15, 0.2) is 22.0 Å². The van der Waals surface area contributed by atoms with Crippen molar-refractivity contribution in [1.29, 1.82) is 0 Å². The molecule has 1 heterocycles. The van der Waals surface area contributed by atoms with Gasteiger partial charge in [0.05, 0.1) is 3.79 Å². The molecule has 94 valence electrons. The van der Waals surface area contributed by atoms with Gasteiger partial charge in [-0.2, -0.15) is 0 Å². The molecule has 5 heteroatoms. The Hall–Kier alpha value is -0.650. The molecule has 0 atom stereocenters. The maximum atomic E-state index is 11.6. The van der Waals surface area contributed by atoms with E-state index in [-0.39, 0.29) is 18.1 Å². The van der Waals surface area contributed by atoms with E-state index >= 15 is 0 Å². The van der Waals surface area contributed by atoms with Crippen LogP contribution in [0.5, 0.6) is 0 Å². The molecular formula is C12H16BrNO2S. The summed E-state index contributed by atoms with van der Waals surface area (Å²) in [5.74, 6) is -0.145. The molecule has 1 aromatic heterocycles. The number of hydrogen-bond donors (Lipinski definition) is 2. The van der Waals surface area contributed by atoms with E-state index in [1.54, 1.807) is 17.4 Å². The van der Waals surface area contributed by atoms with Gasteiger partial charge in [0, 0.05) is 23.1 Å². The van der Waals surface area contributed by atoms with Gasteiger partial charge in [-0.25, -0.2) is 0 Å². The Bertz CT molecular complexity index is 412. The van der Waals surface area contributed by atoms with Crippen LogP contribution < -0.4 is 5.32 Å². The predicted octanol–water partition coefficient (Wildman–Crippen LogP) is 2.80. The molecule has 0 aliphatic rings. The first kappa shape index (κ1) is 14.4. The molecule has 0 fully saturated rings. The number of rotatable bonds is 5. The zero-order valence-electron chi connectivity index (χ0n) is 9.87. The fraction of sp³-hybridized carbons (Fsp3) is 0.417. The quantitative estimate of drug-likeness (QED) is 0.820. The van der Waals surface area contributed by atoms with Crippen molar-refractivity contribution in [1.82, 2.24) is 5.32 Å². The summed E-state index contributed by atoms with van der Waals surface area (Å²) in [6, 6.07) is 3.88. The Morgan fingerprint density at radius 1 is 1.59 bits per heavy atom. The number of carbonyl (C=O) groups is 1. The minimum absolute atomic E-state index is 0.0644. The highest BCUT2D eigenvalue weighted by Crippen LogP contribution is 2.22. The number of carbonyl (C=O) groups excluding carboxylic acids is 1. The number of aliphatic hydroxyl groups excluding tert-OH is 1. The lowest BCUT2D eigenvalue weighted by Gasteiger charge is -2.24. The topological polar surface area (TPSA) is 49.3 Å². The maximum Gasteiger partial charge on any atom is 0.244 e. The van der Waals surface area contributed by atoms with Crippen LogP contribution in [0, 0.1) is 0 Å². The lowest BCUT2D eigenvalue weighted by atomic mass is 10.0. The van der Waals surface area contributed by atoms with Gasteiger partial charge < -0.3 is 10.4 Å². The second kappa shape index (κ2) is 6.33. The third-order valence-electron chi connectivity index (χ3n) is 2.19. The average molecular weight is 318 g/mol. The van der Waals surface area contributed by atoms with Crippen molar-refractivity contribution in [2.45, 2.75) is 25.8 Å². The molecule has 0 saturated carbocycles. The second-order valence-corrected chi connectivity index (χ2v) is 6.82. The first-order valence-electron chi connectivity index (χ1n) is 5.29. The van der Waals surface area contributed by atoms with Crippen molar-refractivity contribution in [3.63, 3.8) is 0 Å². The summed E-state index contributed by atoms with van der Waals surface area (Å²) in [5, 5.41) is 11.7. The monoisotopic (exact) mass is 317 g/mol. The molecule has 1 rings (SSSR count). The number of aliphatic hydroxyl groups is 1. The summed E-state index contributed by atoms with van der Waals surface area (Å²) in [6.07, 6.45) is 3.83. The van der Waals surface area contributed by atoms with Crippen LogP contribution >= 0.6 is 27.3 Å². The van der Waals surface area contributed by atoms with Crippen molar-refractivity contribution in [3.8, 4) is 0 Å². The van der Waals surface area contributed by atoms with Crippen LogP contribution in [0.3, 0.4) is 0 Å². The number of nitrogens with one attached hydrogen (secondary N) is 1. The van der Waals surface area contributed by atoms with Crippen LogP contribution in [0.4, 0.5) is 0 Å². The largest absolute Gasteiger partial charge is 0.396 e. The highest BCUT2D eigenvalue weighted by Gasteiger charge is 2.17. The van der Waals surface area contributed by atoms with Crippen molar-refractivity contribution in [2.24, 2.45) is 0 Å². The molecule has 0 aliphatic carbocycles. The minimum Gasteiger partial charge on any atom is -0.396 e. The minimum atomic E-state index is -0.383. The summed E-state index contributed by atoms with van der Waals surface area (Å²) in [4.78, 5) is 12.6. The fourth-order valence-corrected chi connectivity index (χ4v) is 2.62. The summed E-state index contributed by atoms with van der Waals surface area (Å²) >= 11 is 4.93.